The van der Waals surface area contributed by atoms with Crippen LogP contribution in [0.5, 0.6) is 5.75 Å². The number of benzene rings is 1. The zero-order valence-electron chi connectivity index (χ0n) is 13.6. The van der Waals surface area contributed by atoms with Crippen molar-refractivity contribution in [3.63, 3.8) is 0 Å². The van der Waals surface area contributed by atoms with Gasteiger partial charge in [-0.05, 0) is 44.5 Å². The summed E-state index contributed by atoms with van der Waals surface area (Å²) in [5.41, 5.74) is 3.05. The van der Waals surface area contributed by atoms with Crippen molar-refractivity contribution in [3.8, 4) is 5.75 Å². The third-order valence-corrected chi connectivity index (χ3v) is 3.19. The Morgan fingerprint density at radius 2 is 1.86 bits per heavy atom. The highest BCUT2D eigenvalue weighted by atomic mass is 16.5. The van der Waals surface area contributed by atoms with Gasteiger partial charge in [0.25, 0.3) is 0 Å². The first-order valence-electron chi connectivity index (χ1n) is 7.11. The standard InChI is InChI=1S/C16H21N3O3/c1-10-6-14(7-11(2)16(10)21-13(4)20)8-19(5)9-15-17-12(3)18-22-15/h6-7H,8-9H2,1-5H3. The molecule has 1 heterocycles. The first-order valence-corrected chi connectivity index (χ1v) is 7.11. The summed E-state index contributed by atoms with van der Waals surface area (Å²) in [4.78, 5) is 17.4. The Kier molecular flexibility index (Phi) is 4.92. The molecule has 118 valence electrons. The lowest BCUT2D eigenvalue weighted by Crippen LogP contribution is -2.18. The monoisotopic (exact) mass is 303 g/mol. The van der Waals surface area contributed by atoms with Gasteiger partial charge in [-0.3, -0.25) is 9.69 Å². The Bertz CT molecular complexity index is 656. The second kappa shape index (κ2) is 6.70. The van der Waals surface area contributed by atoms with Gasteiger partial charge in [-0.25, -0.2) is 0 Å². The topological polar surface area (TPSA) is 68.5 Å². The van der Waals surface area contributed by atoms with Crippen molar-refractivity contribution in [2.75, 3.05) is 7.05 Å². The molecule has 0 radical (unpaired) electrons. The van der Waals surface area contributed by atoms with E-state index in [2.05, 4.69) is 15.0 Å². The van der Waals surface area contributed by atoms with E-state index in [4.69, 9.17) is 9.26 Å². The minimum atomic E-state index is -0.303. The molecule has 6 nitrogen and oxygen atoms in total. The molecule has 0 unspecified atom stereocenters. The third-order valence-electron chi connectivity index (χ3n) is 3.19. The quantitative estimate of drug-likeness (QED) is 0.624. The lowest BCUT2D eigenvalue weighted by molar-refractivity contribution is -0.131. The van der Waals surface area contributed by atoms with Crippen LogP contribution in [0.4, 0.5) is 0 Å². The van der Waals surface area contributed by atoms with Crippen LogP contribution in [0.3, 0.4) is 0 Å². The van der Waals surface area contributed by atoms with Gasteiger partial charge in [0.1, 0.15) is 5.75 Å². The van der Waals surface area contributed by atoms with Crippen LogP contribution < -0.4 is 4.74 Å². The summed E-state index contributed by atoms with van der Waals surface area (Å²) in [5, 5.41) is 3.78. The predicted octanol–water partition coefficient (Wildman–Crippen LogP) is 2.55. The fourth-order valence-electron chi connectivity index (χ4n) is 2.44. The molecule has 1 aromatic heterocycles. The van der Waals surface area contributed by atoms with Gasteiger partial charge in [0.2, 0.25) is 5.89 Å². The number of nitrogens with zero attached hydrogens (tertiary/aromatic N) is 3. The SMILES string of the molecule is CC(=O)Oc1c(C)cc(CN(C)Cc2nc(C)no2)cc1C. The molecule has 2 aromatic rings. The number of aryl methyl sites for hydroxylation is 3. The summed E-state index contributed by atoms with van der Waals surface area (Å²) in [6.45, 7) is 8.42. The number of esters is 1. The van der Waals surface area contributed by atoms with Crippen LogP contribution >= 0.6 is 0 Å². The van der Waals surface area contributed by atoms with E-state index in [1.165, 1.54) is 6.92 Å². The molecule has 0 amide bonds. The Morgan fingerprint density at radius 3 is 2.36 bits per heavy atom. The van der Waals surface area contributed by atoms with E-state index >= 15 is 0 Å². The highest BCUT2D eigenvalue weighted by molar-refractivity contribution is 5.70. The second-order valence-electron chi connectivity index (χ2n) is 5.56. The van der Waals surface area contributed by atoms with Gasteiger partial charge >= 0.3 is 5.97 Å². The number of carbonyl (C=O) groups excluding carboxylic acids is 1. The molecule has 0 aliphatic heterocycles. The number of hydrogen-bond acceptors (Lipinski definition) is 6. The fraction of sp³-hybridized carbons (Fsp3) is 0.438. The minimum absolute atomic E-state index is 0.303. The van der Waals surface area contributed by atoms with Gasteiger partial charge in [-0.1, -0.05) is 17.3 Å². The zero-order chi connectivity index (χ0) is 16.3. The lowest BCUT2D eigenvalue weighted by atomic mass is 10.1. The lowest BCUT2D eigenvalue weighted by Gasteiger charge is -2.17. The summed E-state index contributed by atoms with van der Waals surface area (Å²) in [6, 6.07) is 4.06. The smallest absolute Gasteiger partial charge is 0.308 e. The van der Waals surface area contributed by atoms with Gasteiger partial charge in [-0.15, -0.1) is 0 Å². The first-order chi connectivity index (χ1) is 10.3. The van der Waals surface area contributed by atoms with Crippen molar-refractivity contribution in [3.05, 3.63) is 40.5 Å². The van der Waals surface area contributed by atoms with Crippen molar-refractivity contribution < 1.29 is 14.1 Å². The molecular weight excluding hydrogens is 282 g/mol. The fourth-order valence-corrected chi connectivity index (χ4v) is 2.44. The Morgan fingerprint density at radius 1 is 1.23 bits per heavy atom. The molecule has 0 bridgehead atoms. The Balaban J connectivity index is 2.08. The van der Waals surface area contributed by atoms with Crippen LogP contribution in [0, 0.1) is 20.8 Å². The maximum atomic E-state index is 11.1. The normalized spacial score (nSPS) is 11.0. The summed E-state index contributed by atoms with van der Waals surface area (Å²) in [5.74, 6) is 1.58. The molecular formula is C16H21N3O3. The molecule has 0 saturated heterocycles. The van der Waals surface area contributed by atoms with Crippen molar-refractivity contribution in [2.45, 2.75) is 40.8 Å². The third kappa shape index (κ3) is 4.14. The molecule has 0 fully saturated rings. The predicted molar refractivity (Wildman–Crippen MR) is 81.4 cm³/mol. The van der Waals surface area contributed by atoms with E-state index in [1.54, 1.807) is 6.92 Å². The van der Waals surface area contributed by atoms with E-state index in [0.29, 0.717) is 24.0 Å². The van der Waals surface area contributed by atoms with Gasteiger partial charge in [0.15, 0.2) is 5.82 Å². The van der Waals surface area contributed by atoms with Gasteiger partial charge in [0.05, 0.1) is 6.54 Å². The van der Waals surface area contributed by atoms with Crippen LogP contribution in [-0.2, 0) is 17.9 Å². The van der Waals surface area contributed by atoms with Gasteiger partial charge in [-0.2, -0.15) is 4.98 Å². The molecule has 0 spiro atoms. The molecule has 6 heteroatoms. The van der Waals surface area contributed by atoms with Crippen molar-refractivity contribution in [2.24, 2.45) is 0 Å². The van der Waals surface area contributed by atoms with E-state index in [9.17, 15) is 4.79 Å². The number of hydrogen-bond donors (Lipinski definition) is 0. The van der Waals surface area contributed by atoms with E-state index in [1.807, 2.05) is 33.0 Å². The molecule has 0 N–H and O–H groups in total. The first kappa shape index (κ1) is 16.2. The molecule has 0 atom stereocenters. The van der Waals surface area contributed by atoms with Crippen LogP contribution in [-0.4, -0.2) is 28.1 Å². The van der Waals surface area contributed by atoms with E-state index < -0.39 is 0 Å². The zero-order valence-corrected chi connectivity index (χ0v) is 13.6. The molecule has 0 aliphatic carbocycles. The number of rotatable bonds is 5. The largest absolute Gasteiger partial charge is 0.426 e. The highest BCUT2D eigenvalue weighted by Gasteiger charge is 2.12. The van der Waals surface area contributed by atoms with Crippen molar-refractivity contribution >= 4 is 5.97 Å². The summed E-state index contributed by atoms with van der Waals surface area (Å²) < 4.78 is 10.4. The number of ether oxygens (including phenoxy) is 1. The van der Waals surface area contributed by atoms with Gasteiger partial charge < -0.3 is 9.26 Å². The maximum Gasteiger partial charge on any atom is 0.308 e. The van der Waals surface area contributed by atoms with Crippen molar-refractivity contribution in [1.82, 2.24) is 15.0 Å². The number of aromatic nitrogens is 2. The average molecular weight is 303 g/mol. The summed E-state index contributed by atoms with van der Waals surface area (Å²) >= 11 is 0. The minimum Gasteiger partial charge on any atom is -0.426 e. The Labute approximate surface area is 130 Å². The molecule has 22 heavy (non-hydrogen) atoms. The molecule has 2 rings (SSSR count). The van der Waals surface area contributed by atoms with Crippen LogP contribution in [0.1, 0.15) is 35.3 Å². The van der Waals surface area contributed by atoms with E-state index in [-0.39, 0.29) is 5.97 Å². The molecule has 0 aliphatic rings. The van der Waals surface area contributed by atoms with E-state index in [0.717, 1.165) is 23.2 Å². The Hall–Kier alpha value is -2.21. The van der Waals surface area contributed by atoms with Crippen LogP contribution in [0.15, 0.2) is 16.7 Å². The number of carbonyl (C=O) groups is 1. The molecule has 0 saturated carbocycles. The summed E-state index contributed by atoms with van der Waals surface area (Å²) in [6.07, 6.45) is 0. The maximum absolute atomic E-state index is 11.1. The summed E-state index contributed by atoms with van der Waals surface area (Å²) in [7, 11) is 1.99. The van der Waals surface area contributed by atoms with Gasteiger partial charge in [0, 0.05) is 13.5 Å². The van der Waals surface area contributed by atoms with Crippen LogP contribution in [0.2, 0.25) is 0 Å². The van der Waals surface area contributed by atoms with Crippen molar-refractivity contribution in [1.29, 1.82) is 0 Å². The average Bonchev–Trinajstić information content (AvgIpc) is 2.79. The highest BCUT2D eigenvalue weighted by Crippen LogP contribution is 2.25. The molecule has 1 aromatic carbocycles. The van der Waals surface area contributed by atoms with Crippen LogP contribution in [0.25, 0.3) is 0 Å². The second-order valence-corrected chi connectivity index (χ2v) is 5.56.